The number of aliphatic hydroxyl groups excluding tert-OH is 2. The molecule has 6 nitrogen and oxygen atoms in total. The summed E-state index contributed by atoms with van der Waals surface area (Å²) in [4.78, 5) is 17.4. The first-order valence-electron chi connectivity index (χ1n) is 5.37. The number of pyridine rings is 1. The van der Waals surface area contributed by atoms with Gasteiger partial charge in [0, 0.05) is 26.3 Å². The van der Waals surface area contributed by atoms with Gasteiger partial charge in [0.15, 0.2) is 0 Å². The number of hydrogen-bond donors (Lipinski definition) is 3. The molecule has 1 aromatic rings. The van der Waals surface area contributed by atoms with Gasteiger partial charge in [0.05, 0.1) is 18.8 Å². The number of carbonyl (C=O) groups is 1. The minimum atomic E-state index is -0.247. The van der Waals surface area contributed by atoms with Crippen molar-refractivity contribution in [2.75, 3.05) is 38.7 Å². The van der Waals surface area contributed by atoms with Crippen LogP contribution < -0.4 is 5.32 Å². The van der Waals surface area contributed by atoms with E-state index in [-0.39, 0.29) is 32.2 Å². The summed E-state index contributed by atoms with van der Waals surface area (Å²) >= 11 is 0. The molecule has 0 saturated heterocycles. The number of amides is 1. The molecule has 6 heteroatoms. The van der Waals surface area contributed by atoms with Crippen molar-refractivity contribution in [2.24, 2.45) is 0 Å². The lowest BCUT2D eigenvalue weighted by atomic mass is 10.2. The quantitative estimate of drug-likeness (QED) is 0.626. The number of nitrogens with one attached hydrogen (secondary N) is 1. The molecule has 0 saturated carbocycles. The predicted octanol–water partition coefficient (Wildman–Crippen LogP) is -0.450. The summed E-state index contributed by atoms with van der Waals surface area (Å²) in [7, 11) is 1.74. The Labute approximate surface area is 99.9 Å². The fourth-order valence-corrected chi connectivity index (χ4v) is 1.41. The zero-order valence-electron chi connectivity index (χ0n) is 9.76. The molecule has 1 aromatic heterocycles. The van der Waals surface area contributed by atoms with Gasteiger partial charge in [-0.15, -0.1) is 0 Å². The first-order valence-corrected chi connectivity index (χ1v) is 5.37. The molecule has 0 aromatic carbocycles. The molecule has 0 aliphatic rings. The van der Waals surface area contributed by atoms with Crippen LogP contribution in [0.5, 0.6) is 0 Å². The molecule has 0 spiro atoms. The minimum Gasteiger partial charge on any atom is -0.395 e. The van der Waals surface area contributed by atoms with Crippen LogP contribution in [0.3, 0.4) is 0 Å². The summed E-state index contributed by atoms with van der Waals surface area (Å²) in [5.74, 6) is 0.431. The summed E-state index contributed by atoms with van der Waals surface area (Å²) in [6.45, 7) is 0.141. The van der Waals surface area contributed by atoms with Crippen molar-refractivity contribution in [2.45, 2.75) is 0 Å². The fraction of sp³-hybridized carbons (Fsp3) is 0.455. The highest BCUT2D eigenvalue weighted by Crippen LogP contribution is 2.07. The molecule has 1 heterocycles. The van der Waals surface area contributed by atoms with Gasteiger partial charge in [0.25, 0.3) is 5.91 Å². The summed E-state index contributed by atoms with van der Waals surface area (Å²) in [6.07, 6.45) is 1.47. The lowest BCUT2D eigenvalue weighted by Gasteiger charge is -2.20. The van der Waals surface area contributed by atoms with E-state index in [2.05, 4.69) is 10.3 Å². The molecule has 0 atom stereocenters. The van der Waals surface area contributed by atoms with Crippen LogP contribution in [-0.4, -0.2) is 59.4 Å². The van der Waals surface area contributed by atoms with Gasteiger partial charge in [0.1, 0.15) is 5.82 Å². The maximum atomic E-state index is 12.0. The molecule has 0 unspecified atom stereocenters. The van der Waals surface area contributed by atoms with Crippen LogP contribution >= 0.6 is 0 Å². The Balaban J connectivity index is 2.77. The molecular weight excluding hydrogens is 222 g/mol. The number of aromatic nitrogens is 1. The minimum absolute atomic E-state index is 0.131. The van der Waals surface area contributed by atoms with E-state index < -0.39 is 0 Å². The summed E-state index contributed by atoms with van der Waals surface area (Å²) in [6, 6.07) is 3.35. The highest BCUT2D eigenvalue weighted by Gasteiger charge is 2.14. The number of hydrogen-bond acceptors (Lipinski definition) is 5. The van der Waals surface area contributed by atoms with Crippen molar-refractivity contribution in [3.63, 3.8) is 0 Å². The molecule has 3 N–H and O–H groups in total. The largest absolute Gasteiger partial charge is 0.395 e. The Hall–Kier alpha value is -1.66. The standard InChI is InChI=1S/C11H17N3O3/c1-12-10-3-2-9(8-13-10)11(17)14(4-6-15)5-7-16/h2-3,8,15-16H,4-7H2,1H3,(H,12,13). The molecule has 94 valence electrons. The van der Waals surface area contributed by atoms with E-state index in [0.717, 1.165) is 0 Å². The van der Waals surface area contributed by atoms with Crippen LogP contribution in [0.25, 0.3) is 0 Å². The lowest BCUT2D eigenvalue weighted by Crippen LogP contribution is -2.35. The Morgan fingerprint density at radius 3 is 2.41 bits per heavy atom. The molecule has 1 rings (SSSR count). The molecule has 0 aliphatic carbocycles. The Bertz CT molecular complexity index is 347. The van der Waals surface area contributed by atoms with E-state index in [4.69, 9.17) is 10.2 Å². The zero-order valence-corrected chi connectivity index (χ0v) is 9.76. The summed E-state index contributed by atoms with van der Waals surface area (Å²) in [5, 5.41) is 20.5. The van der Waals surface area contributed by atoms with Crippen LogP contribution in [-0.2, 0) is 0 Å². The van der Waals surface area contributed by atoms with Crippen LogP contribution in [0.15, 0.2) is 18.3 Å². The molecule has 17 heavy (non-hydrogen) atoms. The third kappa shape index (κ3) is 3.69. The van der Waals surface area contributed by atoms with Crippen molar-refractivity contribution >= 4 is 11.7 Å². The number of carbonyl (C=O) groups excluding carboxylic acids is 1. The van der Waals surface area contributed by atoms with Gasteiger partial charge in [-0.05, 0) is 12.1 Å². The van der Waals surface area contributed by atoms with E-state index in [1.807, 2.05) is 0 Å². The molecule has 0 radical (unpaired) electrons. The molecule has 0 fully saturated rings. The number of rotatable bonds is 6. The summed E-state index contributed by atoms with van der Waals surface area (Å²) < 4.78 is 0. The second-order valence-corrected chi connectivity index (χ2v) is 3.42. The van der Waals surface area contributed by atoms with Gasteiger partial charge in [0.2, 0.25) is 0 Å². The average Bonchev–Trinajstić information content (AvgIpc) is 2.38. The highest BCUT2D eigenvalue weighted by molar-refractivity contribution is 5.94. The molecule has 1 amide bonds. The van der Waals surface area contributed by atoms with Gasteiger partial charge in [-0.1, -0.05) is 0 Å². The second-order valence-electron chi connectivity index (χ2n) is 3.42. The van der Waals surface area contributed by atoms with Crippen molar-refractivity contribution in [3.05, 3.63) is 23.9 Å². The molecule has 0 aliphatic heterocycles. The fourth-order valence-electron chi connectivity index (χ4n) is 1.41. The Morgan fingerprint density at radius 1 is 1.35 bits per heavy atom. The van der Waals surface area contributed by atoms with Crippen LogP contribution in [0.4, 0.5) is 5.82 Å². The van der Waals surface area contributed by atoms with Gasteiger partial charge in [-0.3, -0.25) is 4.79 Å². The van der Waals surface area contributed by atoms with Gasteiger partial charge < -0.3 is 20.4 Å². The van der Waals surface area contributed by atoms with Crippen LogP contribution in [0, 0.1) is 0 Å². The SMILES string of the molecule is CNc1ccc(C(=O)N(CCO)CCO)cn1. The van der Waals surface area contributed by atoms with Crippen LogP contribution in [0.1, 0.15) is 10.4 Å². The monoisotopic (exact) mass is 239 g/mol. The normalized spacial score (nSPS) is 10.1. The van der Waals surface area contributed by atoms with E-state index in [1.54, 1.807) is 19.2 Å². The zero-order chi connectivity index (χ0) is 12.7. The molecule has 0 bridgehead atoms. The van der Waals surface area contributed by atoms with Crippen molar-refractivity contribution in [3.8, 4) is 0 Å². The predicted molar refractivity (Wildman–Crippen MR) is 63.9 cm³/mol. The maximum Gasteiger partial charge on any atom is 0.255 e. The smallest absolute Gasteiger partial charge is 0.255 e. The van der Waals surface area contributed by atoms with Gasteiger partial charge in [-0.25, -0.2) is 4.98 Å². The number of nitrogens with zero attached hydrogens (tertiary/aromatic N) is 2. The lowest BCUT2D eigenvalue weighted by molar-refractivity contribution is 0.0684. The highest BCUT2D eigenvalue weighted by atomic mass is 16.3. The topological polar surface area (TPSA) is 85.7 Å². The van der Waals surface area contributed by atoms with Crippen LogP contribution in [0.2, 0.25) is 0 Å². The average molecular weight is 239 g/mol. The van der Waals surface area contributed by atoms with E-state index >= 15 is 0 Å². The Morgan fingerprint density at radius 2 is 2.00 bits per heavy atom. The third-order valence-corrected chi connectivity index (χ3v) is 2.29. The van der Waals surface area contributed by atoms with E-state index in [0.29, 0.717) is 11.4 Å². The van der Waals surface area contributed by atoms with E-state index in [1.165, 1.54) is 11.1 Å². The van der Waals surface area contributed by atoms with Crippen molar-refractivity contribution < 1.29 is 15.0 Å². The first-order chi connectivity index (χ1) is 8.22. The second kappa shape index (κ2) is 6.82. The van der Waals surface area contributed by atoms with Crippen molar-refractivity contribution in [1.82, 2.24) is 9.88 Å². The third-order valence-electron chi connectivity index (χ3n) is 2.29. The van der Waals surface area contributed by atoms with Gasteiger partial charge >= 0.3 is 0 Å². The van der Waals surface area contributed by atoms with E-state index in [9.17, 15) is 4.79 Å². The Kier molecular flexibility index (Phi) is 5.38. The maximum absolute atomic E-state index is 12.0. The number of anilines is 1. The first kappa shape index (κ1) is 13.4. The van der Waals surface area contributed by atoms with Gasteiger partial charge in [-0.2, -0.15) is 0 Å². The molecular formula is C11H17N3O3. The summed E-state index contributed by atoms with van der Waals surface area (Å²) in [5.41, 5.74) is 0.436. The number of aliphatic hydroxyl groups is 2. The van der Waals surface area contributed by atoms with Crippen molar-refractivity contribution in [1.29, 1.82) is 0 Å².